The maximum atomic E-state index is 15.0. The van der Waals surface area contributed by atoms with Crippen LogP contribution in [0.5, 0.6) is 5.75 Å². The van der Waals surface area contributed by atoms with Gasteiger partial charge in [-0.15, -0.1) is 0 Å². The summed E-state index contributed by atoms with van der Waals surface area (Å²) in [6, 6.07) is 8.13. The molecule has 0 saturated carbocycles. The summed E-state index contributed by atoms with van der Waals surface area (Å²) in [5.41, 5.74) is -0.366. The van der Waals surface area contributed by atoms with Gasteiger partial charge in [-0.05, 0) is 12.1 Å². The zero-order valence-electron chi connectivity index (χ0n) is 18.0. The summed E-state index contributed by atoms with van der Waals surface area (Å²) in [5, 5.41) is 0. The van der Waals surface area contributed by atoms with E-state index in [2.05, 4.69) is 19.7 Å². The number of alkyl halides is 4. The molecule has 4 heterocycles. The lowest BCUT2D eigenvalue weighted by Crippen LogP contribution is -2.43. The Bertz CT molecular complexity index is 1420. The van der Waals surface area contributed by atoms with E-state index in [0.29, 0.717) is 16.6 Å². The van der Waals surface area contributed by atoms with E-state index < -0.39 is 30.3 Å². The van der Waals surface area contributed by atoms with E-state index in [1.165, 1.54) is 30.6 Å². The number of benzene rings is 2. The molecule has 2 atom stereocenters. The van der Waals surface area contributed by atoms with Gasteiger partial charge in [-0.2, -0.15) is 8.78 Å². The van der Waals surface area contributed by atoms with E-state index in [1.807, 2.05) is 0 Å². The number of imidazole rings is 1. The van der Waals surface area contributed by atoms with Crippen LogP contribution in [0.3, 0.4) is 0 Å². The van der Waals surface area contributed by atoms with E-state index >= 15 is 4.39 Å². The van der Waals surface area contributed by atoms with Crippen LogP contribution in [0.4, 0.5) is 22.0 Å². The van der Waals surface area contributed by atoms with Crippen LogP contribution < -0.4 is 4.74 Å². The first-order chi connectivity index (χ1) is 16.8. The molecule has 1 saturated heterocycles. The molecule has 6 rings (SSSR count). The normalized spacial score (nSPS) is 20.7. The number of hydrogen-bond acceptors (Lipinski definition) is 5. The zero-order valence-corrected chi connectivity index (χ0v) is 18.0. The van der Waals surface area contributed by atoms with Crippen LogP contribution in [0.25, 0.3) is 22.2 Å². The second-order valence-electron chi connectivity index (χ2n) is 8.55. The van der Waals surface area contributed by atoms with Crippen molar-refractivity contribution in [3.63, 3.8) is 0 Å². The Hall–Kier alpha value is -3.60. The van der Waals surface area contributed by atoms with E-state index in [1.54, 1.807) is 22.8 Å². The average Bonchev–Trinajstić information content (AvgIpc) is 3.34. The Balaban J connectivity index is 1.45. The zero-order chi connectivity index (χ0) is 24.3. The second-order valence-corrected chi connectivity index (χ2v) is 8.55. The first kappa shape index (κ1) is 21.9. The van der Waals surface area contributed by atoms with Gasteiger partial charge in [0.15, 0.2) is 12.0 Å². The number of ether oxygens (including phenoxy) is 2. The third-order valence-electron chi connectivity index (χ3n) is 6.35. The fraction of sp³-hybridized carbons (Fsp3) is 0.292. The lowest BCUT2D eigenvalue weighted by Gasteiger charge is -2.31. The number of rotatable bonds is 5. The monoisotopic (exact) mass is 488 g/mol. The lowest BCUT2D eigenvalue weighted by atomic mass is 10.0. The predicted molar refractivity (Wildman–Crippen MR) is 114 cm³/mol. The summed E-state index contributed by atoms with van der Waals surface area (Å²) in [5.74, 6) is -0.679. The fourth-order valence-electron chi connectivity index (χ4n) is 4.65. The molecule has 2 aromatic carbocycles. The molecule has 0 N–H and O–H groups in total. The SMILES string of the molecule is Fc1cc2nc3n(c2cc1-c1cnc(C2(F)COC2)nc1)[C@@H](c1ccccc1OC(F)F)C[C@@H]3F. The van der Waals surface area contributed by atoms with Gasteiger partial charge in [0.25, 0.3) is 0 Å². The minimum absolute atomic E-state index is 0.0347. The van der Waals surface area contributed by atoms with Crippen molar-refractivity contribution in [2.24, 2.45) is 0 Å². The lowest BCUT2D eigenvalue weighted by molar-refractivity contribution is -0.140. The van der Waals surface area contributed by atoms with Crippen LogP contribution in [0.2, 0.25) is 0 Å². The third kappa shape index (κ3) is 3.53. The van der Waals surface area contributed by atoms with Crippen LogP contribution in [-0.4, -0.2) is 39.3 Å². The van der Waals surface area contributed by atoms with Gasteiger partial charge in [0, 0.05) is 41.6 Å². The molecule has 0 spiro atoms. The van der Waals surface area contributed by atoms with Gasteiger partial charge in [-0.1, -0.05) is 18.2 Å². The topological polar surface area (TPSA) is 62.1 Å². The fourth-order valence-corrected chi connectivity index (χ4v) is 4.65. The summed E-state index contributed by atoms with van der Waals surface area (Å²) in [4.78, 5) is 12.3. The standard InChI is InChI=1S/C24H17F5N4O2/c25-15-6-17-19(5-14(15)12-8-30-22(31-9-12)24(29)10-34-11-24)33-18(7-16(26)21(33)32-17)13-3-1-2-4-20(13)35-23(27)28/h1-6,8-9,16,18,23H,7,10-11H2/t16-,18+/m0/s1. The summed E-state index contributed by atoms with van der Waals surface area (Å²) < 4.78 is 81.5. The second kappa shape index (κ2) is 7.98. The molecule has 4 aromatic rings. The van der Waals surface area contributed by atoms with Gasteiger partial charge >= 0.3 is 6.61 Å². The molecule has 35 heavy (non-hydrogen) atoms. The predicted octanol–water partition coefficient (Wildman–Crippen LogP) is 5.43. The number of nitrogens with zero attached hydrogens (tertiary/aromatic N) is 4. The largest absolute Gasteiger partial charge is 0.434 e. The molecule has 1 fully saturated rings. The average molecular weight is 488 g/mol. The Labute approximate surface area is 195 Å². The first-order valence-electron chi connectivity index (χ1n) is 10.8. The van der Waals surface area contributed by atoms with Crippen molar-refractivity contribution in [1.82, 2.24) is 19.5 Å². The highest BCUT2D eigenvalue weighted by molar-refractivity contribution is 5.83. The molecule has 0 amide bonds. The van der Waals surface area contributed by atoms with Crippen molar-refractivity contribution in [2.75, 3.05) is 13.2 Å². The highest BCUT2D eigenvalue weighted by Crippen LogP contribution is 2.46. The molecule has 6 nitrogen and oxygen atoms in total. The van der Waals surface area contributed by atoms with E-state index in [4.69, 9.17) is 4.74 Å². The van der Waals surface area contributed by atoms with Crippen molar-refractivity contribution in [2.45, 2.75) is 30.9 Å². The maximum absolute atomic E-state index is 15.0. The molecule has 180 valence electrons. The Morgan fingerprint density at radius 3 is 2.54 bits per heavy atom. The van der Waals surface area contributed by atoms with Crippen molar-refractivity contribution in [3.8, 4) is 16.9 Å². The summed E-state index contributed by atoms with van der Waals surface area (Å²) in [6.45, 7) is -3.33. The van der Waals surface area contributed by atoms with Gasteiger partial charge in [0.1, 0.15) is 17.4 Å². The highest BCUT2D eigenvalue weighted by atomic mass is 19.3. The minimum atomic E-state index is -3.05. The van der Waals surface area contributed by atoms with Crippen molar-refractivity contribution in [1.29, 1.82) is 0 Å². The van der Waals surface area contributed by atoms with Crippen LogP contribution in [0, 0.1) is 5.82 Å². The van der Waals surface area contributed by atoms with Crippen LogP contribution in [0.15, 0.2) is 48.8 Å². The van der Waals surface area contributed by atoms with Gasteiger partial charge < -0.3 is 14.0 Å². The van der Waals surface area contributed by atoms with Gasteiger partial charge in [-0.3, -0.25) is 0 Å². The molecule has 2 aromatic heterocycles. The maximum Gasteiger partial charge on any atom is 0.387 e. The summed E-state index contributed by atoms with van der Waals surface area (Å²) in [6.07, 6.45) is 1.11. The quantitative estimate of drug-likeness (QED) is 0.351. The number of aromatic nitrogens is 4. The van der Waals surface area contributed by atoms with E-state index in [0.717, 1.165) is 0 Å². The van der Waals surface area contributed by atoms with Crippen molar-refractivity contribution in [3.05, 3.63) is 71.8 Å². The van der Waals surface area contributed by atoms with Crippen molar-refractivity contribution < 1.29 is 31.4 Å². The van der Waals surface area contributed by atoms with E-state index in [-0.39, 0.29) is 48.1 Å². The summed E-state index contributed by atoms with van der Waals surface area (Å²) in [7, 11) is 0. The smallest absolute Gasteiger partial charge is 0.387 e. The highest BCUT2D eigenvalue weighted by Gasteiger charge is 2.43. The Kier molecular flexibility index (Phi) is 4.99. The molecular weight excluding hydrogens is 471 g/mol. The molecule has 0 unspecified atom stereocenters. The molecule has 2 aliphatic heterocycles. The van der Waals surface area contributed by atoms with Crippen LogP contribution in [0.1, 0.15) is 35.8 Å². The molecule has 0 aliphatic carbocycles. The van der Waals surface area contributed by atoms with Crippen LogP contribution >= 0.6 is 0 Å². The number of fused-ring (bicyclic) bond motifs is 3. The first-order valence-corrected chi connectivity index (χ1v) is 10.8. The Morgan fingerprint density at radius 1 is 1.11 bits per heavy atom. The van der Waals surface area contributed by atoms with Gasteiger partial charge in [-0.25, -0.2) is 28.1 Å². The minimum Gasteiger partial charge on any atom is -0.434 e. The number of para-hydroxylation sites is 1. The Morgan fingerprint density at radius 2 is 1.86 bits per heavy atom. The van der Waals surface area contributed by atoms with Crippen molar-refractivity contribution >= 4 is 11.0 Å². The third-order valence-corrected chi connectivity index (χ3v) is 6.35. The molecule has 0 bridgehead atoms. The van der Waals surface area contributed by atoms with Gasteiger partial charge in [0.2, 0.25) is 5.67 Å². The molecule has 0 radical (unpaired) electrons. The number of halogens is 5. The number of hydrogen-bond donors (Lipinski definition) is 0. The summed E-state index contributed by atoms with van der Waals surface area (Å²) >= 11 is 0. The van der Waals surface area contributed by atoms with Gasteiger partial charge in [0.05, 0.1) is 30.3 Å². The van der Waals surface area contributed by atoms with Crippen LogP contribution in [-0.2, 0) is 10.4 Å². The molecular formula is C24H17F5N4O2. The van der Waals surface area contributed by atoms with E-state index in [9.17, 15) is 17.6 Å². The molecule has 2 aliphatic rings. The molecule has 11 heteroatoms.